The molecule has 2 aliphatic rings. The summed E-state index contributed by atoms with van der Waals surface area (Å²) in [5, 5.41) is 10.2. The van der Waals surface area contributed by atoms with E-state index in [1.807, 2.05) is 24.3 Å². The van der Waals surface area contributed by atoms with Crippen LogP contribution in [0.15, 0.2) is 24.3 Å². The van der Waals surface area contributed by atoms with Gasteiger partial charge in [0.2, 0.25) is 11.8 Å². The molecule has 130 valence electrons. The minimum atomic E-state index is -0.872. The Balaban J connectivity index is 1.55. The van der Waals surface area contributed by atoms with Gasteiger partial charge >= 0.3 is 0 Å². The van der Waals surface area contributed by atoms with Crippen LogP contribution in [-0.4, -0.2) is 41.1 Å². The van der Waals surface area contributed by atoms with Gasteiger partial charge in [0.25, 0.3) is 0 Å². The highest BCUT2D eigenvalue weighted by Crippen LogP contribution is 2.37. The van der Waals surface area contributed by atoms with E-state index in [0.717, 1.165) is 37.7 Å². The van der Waals surface area contributed by atoms with Gasteiger partial charge in [0, 0.05) is 0 Å². The normalized spacial score (nSPS) is 24.8. The van der Waals surface area contributed by atoms with Gasteiger partial charge in [-0.15, -0.1) is 0 Å². The average Bonchev–Trinajstić information content (AvgIpc) is 2.85. The molecule has 3 atom stereocenters. The van der Waals surface area contributed by atoms with Crippen molar-refractivity contribution < 1.29 is 19.4 Å². The number of carbonyl (C=O) groups excluding carboxylic acids is 2. The largest absolute Gasteiger partial charge is 0.491 e. The molecule has 2 amide bonds. The van der Waals surface area contributed by atoms with Crippen molar-refractivity contribution in [3.05, 3.63) is 29.8 Å². The number of aryl methyl sites for hydroxylation is 1. The van der Waals surface area contributed by atoms with Gasteiger partial charge in [-0.2, -0.15) is 0 Å². The lowest BCUT2D eigenvalue weighted by Crippen LogP contribution is -2.40. The molecule has 3 rings (SSSR count). The minimum absolute atomic E-state index is 0.0259. The molecular formula is C19H25NO4. The maximum Gasteiger partial charge on any atom is 0.233 e. The van der Waals surface area contributed by atoms with Gasteiger partial charge in [0.15, 0.2) is 0 Å². The molecule has 1 heterocycles. The highest BCUT2D eigenvalue weighted by molar-refractivity contribution is 6.05. The highest BCUT2D eigenvalue weighted by Gasteiger charge is 2.48. The van der Waals surface area contributed by atoms with Gasteiger partial charge < -0.3 is 9.84 Å². The Bertz CT molecular complexity index is 591. The molecule has 1 aromatic rings. The highest BCUT2D eigenvalue weighted by atomic mass is 16.5. The van der Waals surface area contributed by atoms with Crippen molar-refractivity contribution in [2.24, 2.45) is 11.8 Å². The van der Waals surface area contributed by atoms with Gasteiger partial charge in [0.1, 0.15) is 18.5 Å². The number of aliphatic hydroxyl groups is 1. The first kappa shape index (κ1) is 17.0. The number of rotatable bonds is 6. The third-order valence-corrected chi connectivity index (χ3v) is 5.07. The summed E-state index contributed by atoms with van der Waals surface area (Å²) in [5.41, 5.74) is 1.16. The number of hydrogen-bond acceptors (Lipinski definition) is 4. The Kier molecular flexibility index (Phi) is 5.19. The fraction of sp³-hybridized carbons (Fsp3) is 0.579. The number of benzene rings is 1. The molecule has 1 aliphatic heterocycles. The Morgan fingerprint density at radius 1 is 1.21 bits per heavy atom. The van der Waals surface area contributed by atoms with Gasteiger partial charge in [-0.3, -0.25) is 14.5 Å². The van der Waals surface area contributed by atoms with Crippen molar-refractivity contribution in [1.29, 1.82) is 0 Å². The van der Waals surface area contributed by atoms with Crippen LogP contribution in [0.25, 0.3) is 0 Å². The van der Waals surface area contributed by atoms with Crippen LogP contribution in [-0.2, 0) is 16.0 Å². The van der Waals surface area contributed by atoms with Crippen molar-refractivity contribution >= 4 is 11.8 Å². The van der Waals surface area contributed by atoms with Crippen molar-refractivity contribution in [1.82, 2.24) is 4.90 Å². The van der Waals surface area contributed by atoms with Gasteiger partial charge in [-0.1, -0.05) is 31.9 Å². The summed E-state index contributed by atoms with van der Waals surface area (Å²) in [6, 6.07) is 7.71. The minimum Gasteiger partial charge on any atom is -0.491 e. The first-order valence-electron chi connectivity index (χ1n) is 8.85. The maximum absolute atomic E-state index is 12.4. The standard InChI is InChI=1S/C19H25NO4/c1-2-13-6-5-7-15(10-13)24-12-14(21)11-20-18(22)16-8-3-4-9-17(16)19(20)23/h5-7,10,14,16-17,21H,2-4,8-9,11-12H2,1H3/t14-,16-,17+/m1/s1. The van der Waals surface area contributed by atoms with Crippen LogP contribution in [0.2, 0.25) is 0 Å². The van der Waals surface area contributed by atoms with E-state index in [1.165, 1.54) is 4.90 Å². The molecule has 1 aliphatic carbocycles. The molecule has 0 bridgehead atoms. The Morgan fingerprint density at radius 3 is 2.50 bits per heavy atom. The van der Waals surface area contributed by atoms with Gasteiger partial charge in [-0.05, 0) is 37.0 Å². The lowest BCUT2D eigenvalue weighted by molar-refractivity contribution is -0.141. The fourth-order valence-corrected chi connectivity index (χ4v) is 3.72. The second-order valence-corrected chi connectivity index (χ2v) is 6.75. The number of nitrogens with zero attached hydrogens (tertiary/aromatic N) is 1. The molecule has 1 aromatic carbocycles. The summed E-state index contributed by atoms with van der Waals surface area (Å²) < 4.78 is 5.61. The Morgan fingerprint density at radius 2 is 1.88 bits per heavy atom. The fourth-order valence-electron chi connectivity index (χ4n) is 3.72. The quantitative estimate of drug-likeness (QED) is 0.811. The summed E-state index contributed by atoms with van der Waals surface area (Å²) in [6.07, 6.45) is 3.65. The number of likely N-dealkylation sites (tertiary alicyclic amines) is 1. The zero-order valence-electron chi connectivity index (χ0n) is 14.1. The number of carbonyl (C=O) groups is 2. The van der Waals surface area contributed by atoms with Gasteiger partial charge in [0.05, 0.1) is 18.4 Å². The first-order valence-corrected chi connectivity index (χ1v) is 8.85. The number of amides is 2. The van der Waals surface area contributed by atoms with Crippen LogP contribution in [0.5, 0.6) is 5.75 Å². The molecule has 0 spiro atoms. The van der Waals surface area contributed by atoms with Crippen molar-refractivity contribution in [2.75, 3.05) is 13.2 Å². The van der Waals surface area contributed by atoms with Crippen LogP contribution in [0.3, 0.4) is 0 Å². The summed E-state index contributed by atoms with van der Waals surface area (Å²) >= 11 is 0. The molecule has 1 N–H and O–H groups in total. The van der Waals surface area contributed by atoms with E-state index in [0.29, 0.717) is 5.75 Å². The Labute approximate surface area is 142 Å². The third kappa shape index (κ3) is 3.46. The van der Waals surface area contributed by atoms with Crippen molar-refractivity contribution in [3.63, 3.8) is 0 Å². The first-order chi connectivity index (χ1) is 11.6. The molecule has 1 saturated heterocycles. The van der Waals surface area contributed by atoms with Crippen molar-refractivity contribution in [2.45, 2.75) is 45.1 Å². The molecule has 24 heavy (non-hydrogen) atoms. The summed E-state index contributed by atoms with van der Waals surface area (Å²) in [6.45, 7) is 2.16. The lowest BCUT2D eigenvalue weighted by Gasteiger charge is -2.19. The van der Waals surface area contributed by atoms with E-state index in [1.54, 1.807) is 0 Å². The predicted molar refractivity (Wildman–Crippen MR) is 89.5 cm³/mol. The number of hydrogen-bond donors (Lipinski definition) is 1. The monoisotopic (exact) mass is 331 g/mol. The Hall–Kier alpha value is -1.88. The van der Waals surface area contributed by atoms with Crippen LogP contribution >= 0.6 is 0 Å². The summed E-state index contributed by atoms with van der Waals surface area (Å²) in [7, 11) is 0. The second kappa shape index (κ2) is 7.34. The number of fused-ring (bicyclic) bond motifs is 1. The van der Waals surface area contributed by atoms with E-state index in [2.05, 4.69) is 6.92 Å². The van der Waals surface area contributed by atoms with E-state index in [9.17, 15) is 14.7 Å². The molecule has 2 fully saturated rings. The summed E-state index contributed by atoms with van der Waals surface area (Å²) in [5.74, 6) is 0.135. The molecular weight excluding hydrogens is 306 g/mol. The van der Waals surface area contributed by atoms with Crippen LogP contribution in [0, 0.1) is 11.8 Å². The molecule has 0 unspecified atom stereocenters. The van der Waals surface area contributed by atoms with Crippen molar-refractivity contribution in [3.8, 4) is 5.75 Å². The van der Waals surface area contributed by atoms with E-state index in [4.69, 9.17) is 4.74 Å². The van der Waals surface area contributed by atoms with E-state index >= 15 is 0 Å². The third-order valence-electron chi connectivity index (χ3n) is 5.07. The van der Waals surface area contributed by atoms with E-state index < -0.39 is 6.10 Å². The molecule has 5 nitrogen and oxygen atoms in total. The van der Waals surface area contributed by atoms with Gasteiger partial charge in [-0.25, -0.2) is 0 Å². The smallest absolute Gasteiger partial charge is 0.233 e. The summed E-state index contributed by atoms with van der Waals surface area (Å²) in [4.78, 5) is 26.0. The van der Waals surface area contributed by atoms with Crippen LogP contribution < -0.4 is 4.74 Å². The maximum atomic E-state index is 12.4. The second-order valence-electron chi connectivity index (χ2n) is 6.75. The topological polar surface area (TPSA) is 66.8 Å². The zero-order chi connectivity index (χ0) is 17.1. The molecule has 5 heteroatoms. The SMILES string of the molecule is CCc1cccc(OC[C@H](O)CN2C(=O)[C@H]3CCCC[C@H]3C2=O)c1. The van der Waals surface area contributed by atoms with Crippen LogP contribution in [0.4, 0.5) is 0 Å². The molecule has 0 aromatic heterocycles. The van der Waals surface area contributed by atoms with Crippen LogP contribution in [0.1, 0.15) is 38.2 Å². The molecule has 1 saturated carbocycles. The number of imide groups is 1. The number of ether oxygens (including phenoxy) is 1. The van der Waals surface area contributed by atoms with E-state index in [-0.39, 0.29) is 36.8 Å². The number of aliphatic hydroxyl groups excluding tert-OH is 1. The molecule has 0 radical (unpaired) electrons. The number of β-amino-alcohol motifs (C(OH)–C–C–N with tert-alkyl or cyclic N) is 1. The zero-order valence-corrected chi connectivity index (χ0v) is 14.1. The predicted octanol–water partition coefficient (Wildman–Crippen LogP) is 2.16. The lowest BCUT2D eigenvalue weighted by atomic mass is 9.81. The average molecular weight is 331 g/mol.